The summed E-state index contributed by atoms with van der Waals surface area (Å²) in [6.45, 7) is 4.24. The van der Waals surface area contributed by atoms with Gasteiger partial charge in [-0.3, -0.25) is 0 Å². The summed E-state index contributed by atoms with van der Waals surface area (Å²) in [5.41, 5.74) is 0.918. The SMILES string of the molecule is CCCCc1nnc(-c2c(Cl)c(Cl)c3c(Cl)c(-c4nnc(CCCC)s4)c(Cl)c(Cl)c3c2Cl)s1. The molecule has 4 nitrogen and oxygen atoms in total. The molecule has 0 aliphatic carbocycles. The first-order valence-electron chi connectivity index (χ1n) is 10.6. The quantitative estimate of drug-likeness (QED) is 0.185. The number of unbranched alkanes of at least 4 members (excludes halogenated alkanes) is 2. The third-order valence-electron chi connectivity index (χ3n) is 5.24. The summed E-state index contributed by atoms with van der Waals surface area (Å²) < 4.78 is 0. The highest BCUT2D eigenvalue weighted by Crippen LogP contribution is 2.54. The lowest BCUT2D eigenvalue weighted by atomic mass is 10.0. The fourth-order valence-corrected chi connectivity index (χ4v) is 7.62. The van der Waals surface area contributed by atoms with Gasteiger partial charge >= 0.3 is 0 Å². The van der Waals surface area contributed by atoms with E-state index in [9.17, 15) is 0 Å². The molecule has 0 atom stereocenters. The van der Waals surface area contributed by atoms with Crippen molar-refractivity contribution < 1.29 is 0 Å². The van der Waals surface area contributed by atoms with Crippen LogP contribution >= 0.6 is 92.3 Å². The minimum Gasteiger partial charge on any atom is -0.143 e. The Balaban J connectivity index is 1.92. The van der Waals surface area contributed by atoms with E-state index in [0.29, 0.717) is 31.9 Å². The minimum absolute atomic E-state index is 0.210. The zero-order valence-electron chi connectivity index (χ0n) is 18.1. The summed E-state index contributed by atoms with van der Waals surface area (Å²) in [5.74, 6) is 0. The fraction of sp³-hybridized carbons (Fsp3) is 0.364. The van der Waals surface area contributed by atoms with Crippen LogP contribution in [0.25, 0.3) is 31.9 Å². The Morgan fingerprint density at radius 2 is 0.912 bits per heavy atom. The number of aryl methyl sites for hydroxylation is 2. The normalized spacial score (nSPS) is 11.6. The third-order valence-corrected chi connectivity index (χ3v) is 9.70. The molecule has 0 spiro atoms. The van der Waals surface area contributed by atoms with Crippen LogP contribution in [0.5, 0.6) is 0 Å². The molecule has 0 fully saturated rings. The van der Waals surface area contributed by atoms with Crippen LogP contribution in [0.4, 0.5) is 0 Å². The van der Waals surface area contributed by atoms with E-state index in [1.165, 1.54) is 22.7 Å². The van der Waals surface area contributed by atoms with Crippen LogP contribution in [-0.4, -0.2) is 20.4 Å². The maximum absolute atomic E-state index is 6.84. The van der Waals surface area contributed by atoms with Crippen LogP contribution in [0.1, 0.15) is 49.5 Å². The molecule has 2 heterocycles. The van der Waals surface area contributed by atoms with Crippen molar-refractivity contribution in [3.05, 3.63) is 40.2 Å². The molecule has 2 aromatic heterocycles. The van der Waals surface area contributed by atoms with E-state index in [1.54, 1.807) is 0 Å². The van der Waals surface area contributed by atoms with Gasteiger partial charge < -0.3 is 0 Å². The molecular formula is C22H18Cl6N4S2. The van der Waals surface area contributed by atoms with Crippen molar-refractivity contribution in [1.82, 2.24) is 20.4 Å². The predicted molar refractivity (Wildman–Crippen MR) is 149 cm³/mol. The molecule has 0 saturated heterocycles. The van der Waals surface area contributed by atoms with Crippen LogP contribution in [-0.2, 0) is 12.8 Å². The lowest BCUT2D eigenvalue weighted by Crippen LogP contribution is -1.92. The van der Waals surface area contributed by atoms with E-state index >= 15 is 0 Å². The molecule has 2 aromatic carbocycles. The number of nitrogens with zero attached hydrogens (tertiary/aromatic N) is 4. The van der Waals surface area contributed by atoms with Crippen molar-refractivity contribution in [2.75, 3.05) is 0 Å². The topological polar surface area (TPSA) is 51.6 Å². The second-order valence-electron chi connectivity index (χ2n) is 7.59. The molecular weight excluding hydrogens is 597 g/mol. The first-order chi connectivity index (χ1) is 16.3. The number of hydrogen-bond acceptors (Lipinski definition) is 6. The molecule has 34 heavy (non-hydrogen) atoms. The molecule has 0 unspecified atom stereocenters. The van der Waals surface area contributed by atoms with Crippen molar-refractivity contribution in [2.45, 2.75) is 52.4 Å². The van der Waals surface area contributed by atoms with E-state index in [2.05, 4.69) is 34.2 Å². The van der Waals surface area contributed by atoms with Crippen molar-refractivity contribution >= 4 is 103 Å². The lowest BCUT2D eigenvalue weighted by Gasteiger charge is -2.17. The van der Waals surface area contributed by atoms with Gasteiger partial charge in [-0.05, 0) is 12.8 Å². The van der Waals surface area contributed by atoms with Gasteiger partial charge in [0.25, 0.3) is 0 Å². The van der Waals surface area contributed by atoms with Gasteiger partial charge in [0.2, 0.25) is 0 Å². The summed E-state index contributed by atoms with van der Waals surface area (Å²) >= 11 is 43.5. The molecule has 4 aromatic rings. The molecule has 0 amide bonds. The summed E-state index contributed by atoms with van der Waals surface area (Å²) in [5, 5.41) is 22.2. The van der Waals surface area contributed by atoms with E-state index in [4.69, 9.17) is 69.6 Å². The van der Waals surface area contributed by atoms with E-state index in [-0.39, 0.29) is 30.1 Å². The first-order valence-corrected chi connectivity index (χ1v) is 14.5. The average Bonchev–Trinajstić information content (AvgIpc) is 3.47. The molecule has 180 valence electrons. The highest BCUT2D eigenvalue weighted by Gasteiger charge is 2.28. The van der Waals surface area contributed by atoms with Crippen LogP contribution in [0.3, 0.4) is 0 Å². The van der Waals surface area contributed by atoms with Crippen molar-refractivity contribution in [2.24, 2.45) is 0 Å². The van der Waals surface area contributed by atoms with Gasteiger partial charge in [-0.1, -0.05) is 119 Å². The van der Waals surface area contributed by atoms with Crippen molar-refractivity contribution in [3.8, 4) is 21.1 Å². The minimum atomic E-state index is 0.210. The number of rotatable bonds is 8. The Labute approximate surface area is 235 Å². The van der Waals surface area contributed by atoms with Crippen LogP contribution in [0, 0.1) is 0 Å². The number of fused-ring (bicyclic) bond motifs is 1. The number of halogens is 6. The molecule has 4 rings (SSSR count). The molecule has 0 N–H and O–H groups in total. The Morgan fingerprint density at radius 1 is 0.529 bits per heavy atom. The Kier molecular flexibility index (Phi) is 8.85. The van der Waals surface area contributed by atoms with Gasteiger partial charge in [-0.2, -0.15) is 0 Å². The van der Waals surface area contributed by atoms with Gasteiger partial charge in [0.05, 0.1) is 41.3 Å². The van der Waals surface area contributed by atoms with E-state index in [1.807, 2.05) is 0 Å². The summed E-state index contributed by atoms with van der Waals surface area (Å²) in [6, 6.07) is 0. The van der Waals surface area contributed by atoms with E-state index < -0.39 is 0 Å². The summed E-state index contributed by atoms with van der Waals surface area (Å²) in [7, 11) is 0. The number of benzene rings is 2. The third kappa shape index (κ3) is 4.90. The molecule has 0 aliphatic rings. The highest BCUT2D eigenvalue weighted by molar-refractivity contribution is 7.15. The van der Waals surface area contributed by atoms with Crippen LogP contribution in [0.2, 0.25) is 30.1 Å². The fourth-order valence-electron chi connectivity index (χ4n) is 3.46. The maximum atomic E-state index is 6.84. The molecule has 0 saturated carbocycles. The van der Waals surface area contributed by atoms with Crippen LogP contribution in [0.15, 0.2) is 0 Å². The molecule has 0 aliphatic heterocycles. The predicted octanol–water partition coefficient (Wildman–Crippen LogP) is 10.5. The van der Waals surface area contributed by atoms with Crippen molar-refractivity contribution in [3.63, 3.8) is 0 Å². The van der Waals surface area contributed by atoms with E-state index in [0.717, 1.165) is 48.5 Å². The summed E-state index contributed by atoms with van der Waals surface area (Å²) in [4.78, 5) is 0. The second-order valence-corrected chi connectivity index (χ2v) is 12.0. The summed E-state index contributed by atoms with van der Waals surface area (Å²) in [6.07, 6.45) is 5.80. The Hall–Kier alpha value is -0.440. The molecule has 0 bridgehead atoms. The lowest BCUT2D eigenvalue weighted by molar-refractivity contribution is 0.780. The second kappa shape index (κ2) is 11.3. The van der Waals surface area contributed by atoms with Gasteiger partial charge in [-0.25, -0.2) is 0 Å². The smallest absolute Gasteiger partial charge is 0.143 e. The number of hydrogen-bond donors (Lipinski definition) is 0. The van der Waals surface area contributed by atoms with Gasteiger partial charge in [0.15, 0.2) is 10.0 Å². The average molecular weight is 615 g/mol. The first kappa shape index (κ1) is 26.6. The standard InChI is InChI=1S/C22H18Cl6N4S2/c1-3-5-7-9-29-31-21(33-9)13-15(23)11-12(17(25)19(13)27)16(24)14(20(28)18(11)26)22-32-30-10(34-22)8-6-4-2/h3-8H2,1-2H3. The number of aromatic nitrogens is 4. The highest BCUT2D eigenvalue weighted by atomic mass is 35.5. The Bertz CT molecular complexity index is 1260. The monoisotopic (exact) mass is 612 g/mol. The molecule has 0 radical (unpaired) electrons. The zero-order valence-corrected chi connectivity index (χ0v) is 24.3. The van der Waals surface area contributed by atoms with Gasteiger partial charge in [0, 0.05) is 23.6 Å². The van der Waals surface area contributed by atoms with Crippen LogP contribution < -0.4 is 0 Å². The van der Waals surface area contributed by atoms with Gasteiger partial charge in [0.1, 0.15) is 10.0 Å². The zero-order chi connectivity index (χ0) is 24.6. The van der Waals surface area contributed by atoms with Crippen molar-refractivity contribution in [1.29, 1.82) is 0 Å². The van der Waals surface area contributed by atoms with Gasteiger partial charge in [-0.15, -0.1) is 20.4 Å². The Morgan fingerprint density at radius 3 is 1.26 bits per heavy atom. The largest absolute Gasteiger partial charge is 0.150 e. The maximum Gasteiger partial charge on any atom is 0.150 e. The molecule has 12 heteroatoms.